The molecule has 1 aromatic carbocycles. The first kappa shape index (κ1) is 18.7. The first-order valence-electron chi connectivity index (χ1n) is 10.0. The molecule has 2 aliphatic rings. The summed E-state index contributed by atoms with van der Waals surface area (Å²) in [6, 6.07) is 12.2. The van der Waals surface area contributed by atoms with Gasteiger partial charge in [-0.25, -0.2) is 0 Å². The molecule has 1 saturated carbocycles. The van der Waals surface area contributed by atoms with E-state index in [9.17, 15) is 9.59 Å². The molecule has 0 unspecified atom stereocenters. The SMILES string of the molecule is O=C(CN1CCN(C(=O)c2ccoc2)CC1)NCC1(c2ccccc2)CCC1. The summed E-state index contributed by atoms with van der Waals surface area (Å²) < 4.78 is 4.99. The minimum Gasteiger partial charge on any atom is -0.472 e. The normalized spacial score (nSPS) is 19.1. The fourth-order valence-electron chi connectivity index (χ4n) is 4.17. The number of nitrogens with zero attached hydrogens (tertiary/aromatic N) is 2. The molecular weight excluding hydrogens is 354 g/mol. The van der Waals surface area contributed by atoms with Gasteiger partial charge < -0.3 is 14.6 Å². The summed E-state index contributed by atoms with van der Waals surface area (Å²) >= 11 is 0. The molecule has 1 saturated heterocycles. The standard InChI is InChI=1S/C22H27N3O3/c26-20(23-17-22(8-4-9-22)19-5-2-1-3-6-19)15-24-10-12-25(13-11-24)21(27)18-7-14-28-16-18/h1-3,5-7,14,16H,4,8-13,15,17H2,(H,23,26). The third-order valence-electron chi connectivity index (χ3n) is 6.12. The smallest absolute Gasteiger partial charge is 0.257 e. The molecule has 148 valence electrons. The molecule has 2 fully saturated rings. The Hall–Kier alpha value is -2.60. The number of benzene rings is 1. The first-order chi connectivity index (χ1) is 13.7. The van der Waals surface area contributed by atoms with E-state index >= 15 is 0 Å². The van der Waals surface area contributed by atoms with Crippen molar-refractivity contribution < 1.29 is 14.0 Å². The van der Waals surface area contributed by atoms with Crippen molar-refractivity contribution in [3.63, 3.8) is 0 Å². The zero-order valence-corrected chi connectivity index (χ0v) is 16.1. The van der Waals surface area contributed by atoms with Gasteiger partial charge in [-0.3, -0.25) is 14.5 Å². The lowest BCUT2D eigenvalue weighted by Crippen LogP contribution is -2.52. The second kappa shape index (κ2) is 8.19. The highest BCUT2D eigenvalue weighted by atomic mass is 16.3. The number of hydrogen-bond acceptors (Lipinski definition) is 4. The van der Waals surface area contributed by atoms with E-state index < -0.39 is 0 Å². The second-order valence-corrected chi connectivity index (χ2v) is 7.86. The van der Waals surface area contributed by atoms with Crippen LogP contribution in [-0.4, -0.2) is 60.9 Å². The van der Waals surface area contributed by atoms with E-state index in [1.165, 1.54) is 24.5 Å². The Morgan fingerprint density at radius 2 is 1.79 bits per heavy atom. The molecule has 1 aromatic heterocycles. The van der Waals surface area contributed by atoms with E-state index in [1.54, 1.807) is 6.07 Å². The first-order valence-corrected chi connectivity index (χ1v) is 10.0. The lowest BCUT2D eigenvalue weighted by molar-refractivity contribution is -0.123. The van der Waals surface area contributed by atoms with Gasteiger partial charge in [0.05, 0.1) is 18.4 Å². The average Bonchev–Trinajstić information content (AvgIpc) is 3.23. The molecule has 0 bridgehead atoms. The quantitative estimate of drug-likeness (QED) is 0.834. The second-order valence-electron chi connectivity index (χ2n) is 7.86. The Morgan fingerprint density at radius 1 is 1.04 bits per heavy atom. The van der Waals surface area contributed by atoms with Gasteiger partial charge in [0, 0.05) is 38.1 Å². The van der Waals surface area contributed by atoms with E-state index in [0.717, 1.165) is 12.8 Å². The van der Waals surface area contributed by atoms with E-state index in [-0.39, 0.29) is 17.2 Å². The van der Waals surface area contributed by atoms with E-state index in [1.807, 2.05) is 11.0 Å². The van der Waals surface area contributed by atoms with Gasteiger partial charge in [0.2, 0.25) is 5.91 Å². The Morgan fingerprint density at radius 3 is 2.39 bits per heavy atom. The van der Waals surface area contributed by atoms with Crippen LogP contribution in [0.25, 0.3) is 0 Å². The van der Waals surface area contributed by atoms with Crippen molar-refractivity contribution >= 4 is 11.8 Å². The van der Waals surface area contributed by atoms with Crippen molar-refractivity contribution in [1.82, 2.24) is 15.1 Å². The molecule has 4 rings (SSSR count). The lowest BCUT2D eigenvalue weighted by Gasteiger charge is -2.43. The van der Waals surface area contributed by atoms with Gasteiger partial charge in [-0.05, 0) is 24.5 Å². The largest absolute Gasteiger partial charge is 0.472 e. The molecule has 1 aliphatic carbocycles. The van der Waals surface area contributed by atoms with Gasteiger partial charge in [-0.1, -0.05) is 36.8 Å². The Balaban J connectivity index is 1.23. The highest BCUT2D eigenvalue weighted by Crippen LogP contribution is 2.43. The van der Waals surface area contributed by atoms with Crippen molar-refractivity contribution in [2.24, 2.45) is 0 Å². The van der Waals surface area contributed by atoms with Crippen LogP contribution in [0.15, 0.2) is 53.3 Å². The minimum atomic E-state index is -0.00682. The molecule has 6 heteroatoms. The summed E-state index contributed by atoms with van der Waals surface area (Å²) in [5.41, 5.74) is 2.01. The Kier molecular flexibility index (Phi) is 5.48. The van der Waals surface area contributed by atoms with E-state index in [2.05, 4.69) is 34.5 Å². The molecule has 2 aromatic rings. The number of nitrogens with one attached hydrogen (secondary N) is 1. The van der Waals surface area contributed by atoms with Crippen LogP contribution in [0.4, 0.5) is 0 Å². The number of carbonyl (C=O) groups excluding carboxylic acids is 2. The van der Waals surface area contributed by atoms with E-state index in [0.29, 0.717) is 44.8 Å². The Bertz CT molecular complexity index is 792. The molecule has 28 heavy (non-hydrogen) atoms. The topological polar surface area (TPSA) is 65.8 Å². The van der Waals surface area contributed by atoms with Crippen LogP contribution in [0.3, 0.4) is 0 Å². The van der Waals surface area contributed by atoms with Crippen molar-refractivity contribution in [1.29, 1.82) is 0 Å². The highest BCUT2D eigenvalue weighted by Gasteiger charge is 2.38. The zero-order valence-electron chi connectivity index (χ0n) is 16.1. The van der Waals surface area contributed by atoms with Gasteiger partial charge in [0.1, 0.15) is 6.26 Å². The van der Waals surface area contributed by atoms with Crippen molar-refractivity contribution in [3.8, 4) is 0 Å². The van der Waals surface area contributed by atoms with Gasteiger partial charge in [0.25, 0.3) is 5.91 Å². The molecule has 2 heterocycles. The number of furan rings is 1. The zero-order chi connectivity index (χ0) is 19.4. The third-order valence-corrected chi connectivity index (χ3v) is 6.12. The summed E-state index contributed by atoms with van der Waals surface area (Å²) in [6.07, 6.45) is 6.47. The maximum Gasteiger partial charge on any atom is 0.257 e. The number of carbonyl (C=O) groups is 2. The van der Waals surface area contributed by atoms with Crippen molar-refractivity contribution in [2.75, 3.05) is 39.3 Å². The molecule has 0 radical (unpaired) electrons. The summed E-state index contributed by atoms with van der Waals surface area (Å²) in [7, 11) is 0. The highest BCUT2D eigenvalue weighted by molar-refractivity contribution is 5.93. The van der Waals surface area contributed by atoms with Crippen LogP contribution in [0.1, 0.15) is 35.2 Å². The summed E-state index contributed by atoms with van der Waals surface area (Å²) in [5, 5.41) is 3.15. The van der Waals surface area contributed by atoms with Gasteiger partial charge in [-0.2, -0.15) is 0 Å². The molecule has 2 amide bonds. The van der Waals surface area contributed by atoms with Crippen LogP contribution in [-0.2, 0) is 10.2 Å². The van der Waals surface area contributed by atoms with Gasteiger partial charge in [-0.15, -0.1) is 0 Å². The maximum atomic E-state index is 12.5. The number of piperazine rings is 1. The van der Waals surface area contributed by atoms with Crippen LogP contribution < -0.4 is 5.32 Å². The summed E-state index contributed by atoms with van der Waals surface area (Å²) in [5.74, 6) is 0.0597. The fraction of sp³-hybridized carbons (Fsp3) is 0.455. The van der Waals surface area contributed by atoms with E-state index in [4.69, 9.17) is 4.42 Å². The van der Waals surface area contributed by atoms with Crippen LogP contribution in [0.2, 0.25) is 0 Å². The average molecular weight is 381 g/mol. The van der Waals surface area contributed by atoms with Crippen molar-refractivity contribution in [2.45, 2.75) is 24.7 Å². The molecule has 0 atom stereocenters. The maximum absolute atomic E-state index is 12.5. The molecule has 1 N–H and O–H groups in total. The lowest BCUT2D eigenvalue weighted by atomic mass is 9.64. The minimum absolute atomic E-state index is 0.00682. The number of rotatable bonds is 6. The van der Waals surface area contributed by atoms with Crippen molar-refractivity contribution in [3.05, 3.63) is 60.1 Å². The predicted octanol–water partition coefficient (Wildman–Crippen LogP) is 2.28. The van der Waals surface area contributed by atoms with Crippen LogP contribution in [0, 0.1) is 0 Å². The number of hydrogen-bond donors (Lipinski definition) is 1. The molecule has 0 spiro atoms. The van der Waals surface area contributed by atoms with Gasteiger partial charge >= 0.3 is 0 Å². The summed E-state index contributed by atoms with van der Waals surface area (Å²) in [4.78, 5) is 28.8. The van der Waals surface area contributed by atoms with Crippen LogP contribution in [0.5, 0.6) is 0 Å². The predicted molar refractivity (Wildman–Crippen MR) is 106 cm³/mol. The molecule has 1 aliphatic heterocycles. The summed E-state index contributed by atoms with van der Waals surface area (Å²) in [6.45, 7) is 3.77. The molecular formula is C22H27N3O3. The monoisotopic (exact) mass is 381 g/mol. The van der Waals surface area contributed by atoms with Gasteiger partial charge in [0.15, 0.2) is 0 Å². The molecule has 6 nitrogen and oxygen atoms in total. The Labute approximate surface area is 165 Å². The number of amides is 2. The fourth-order valence-corrected chi connectivity index (χ4v) is 4.17. The third kappa shape index (κ3) is 3.97. The van der Waals surface area contributed by atoms with Crippen LogP contribution >= 0.6 is 0 Å².